The molecule has 14 heavy (non-hydrogen) atoms. The first-order valence-corrected chi connectivity index (χ1v) is 5.98. The minimum absolute atomic E-state index is 0.441. The van der Waals surface area contributed by atoms with Crippen LogP contribution in [0.25, 0.3) is 0 Å². The smallest absolute Gasteiger partial charge is 0.0373 e. The lowest BCUT2D eigenvalue weighted by molar-refractivity contribution is 0.356. The van der Waals surface area contributed by atoms with Gasteiger partial charge in [-0.25, -0.2) is 0 Å². The van der Waals surface area contributed by atoms with Gasteiger partial charge in [-0.2, -0.15) is 0 Å². The molecule has 2 saturated carbocycles. The molecule has 0 aliphatic heterocycles. The topological polar surface area (TPSA) is 12.0 Å². The first-order chi connectivity index (χ1) is 6.60. The lowest BCUT2D eigenvalue weighted by atomic mass is 9.93. The highest BCUT2D eigenvalue weighted by molar-refractivity contribution is 7.80. The molecule has 1 N–H and O–H groups in total. The number of hydrogen-bond donors (Lipinski definition) is 1. The molecule has 2 aliphatic rings. The van der Waals surface area contributed by atoms with E-state index in [1.807, 2.05) is 6.92 Å². The summed E-state index contributed by atoms with van der Waals surface area (Å²) in [6.45, 7) is 4.11. The SMILES string of the molecule is CC(=S)C=C(C)NC12CCC(CC1)C2. The predicted molar refractivity (Wildman–Crippen MR) is 64.5 cm³/mol. The third kappa shape index (κ3) is 2.00. The molecule has 0 spiro atoms. The molecule has 0 radical (unpaired) electrons. The Kier molecular flexibility index (Phi) is 2.65. The van der Waals surface area contributed by atoms with Gasteiger partial charge in [-0.1, -0.05) is 12.2 Å². The maximum absolute atomic E-state index is 5.08. The summed E-state index contributed by atoms with van der Waals surface area (Å²) >= 11 is 5.08. The van der Waals surface area contributed by atoms with Crippen molar-refractivity contribution in [3.05, 3.63) is 11.8 Å². The maximum Gasteiger partial charge on any atom is 0.0373 e. The van der Waals surface area contributed by atoms with E-state index in [2.05, 4.69) is 18.3 Å². The van der Waals surface area contributed by atoms with Crippen LogP contribution < -0.4 is 5.32 Å². The van der Waals surface area contributed by atoms with Crippen LogP contribution in [0, 0.1) is 5.92 Å². The van der Waals surface area contributed by atoms with Crippen molar-refractivity contribution in [2.45, 2.75) is 51.5 Å². The van der Waals surface area contributed by atoms with Crippen LogP contribution in [-0.2, 0) is 0 Å². The van der Waals surface area contributed by atoms with Gasteiger partial charge in [0.15, 0.2) is 0 Å². The van der Waals surface area contributed by atoms with Gasteiger partial charge in [-0.05, 0) is 57.9 Å². The van der Waals surface area contributed by atoms with Gasteiger partial charge in [-0.3, -0.25) is 0 Å². The number of rotatable bonds is 3. The highest BCUT2D eigenvalue weighted by Crippen LogP contribution is 2.47. The van der Waals surface area contributed by atoms with Crippen LogP contribution >= 0.6 is 12.2 Å². The largest absolute Gasteiger partial charge is 0.383 e. The summed E-state index contributed by atoms with van der Waals surface area (Å²) in [5.74, 6) is 1.00. The van der Waals surface area contributed by atoms with Crippen molar-refractivity contribution in [3.8, 4) is 0 Å². The normalized spacial score (nSPS) is 36.1. The lowest BCUT2D eigenvalue weighted by Gasteiger charge is -2.29. The monoisotopic (exact) mass is 209 g/mol. The molecule has 2 heteroatoms. The van der Waals surface area contributed by atoms with Crippen molar-refractivity contribution >= 4 is 17.1 Å². The summed E-state index contributed by atoms with van der Waals surface area (Å²) in [5.41, 5.74) is 1.69. The van der Waals surface area contributed by atoms with E-state index < -0.39 is 0 Å². The Balaban J connectivity index is 2.00. The van der Waals surface area contributed by atoms with Crippen LogP contribution in [0.5, 0.6) is 0 Å². The van der Waals surface area contributed by atoms with E-state index in [0.717, 1.165) is 10.8 Å². The van der Waals surface area contributed by atoms with Gasteiger partial charge in [0.25, 0.3) is 0 Å². The van der Waals surface area contributed by atoms with Crippen LogP contribution in [0.2, 0.25) is 0 Å². The summed E-state index contributed by atoms with van der Waals surface area (Å²) in [6, 6.07) is 0. The molecule has 0 saturated heterocycles. The highest BCUT2D eigenvalue weighted by atomic mass is 32.1. The zero-order valence-corrected chi connectivity index (χ0v) is 9.91. The fourth-order valence-corrected chi connectivity index (χ4v) is 3.30. The van der Waals surface area contributed by atoms with Gasteiger partial charge in [-0.15, -0.1) is 0 Å². The van der Waals surface area contributed by atoms with Gasteiger partial charge < -0.3 is 5.32 Å². The molecule has 0 heterocycles. The molecule has 78 valence electrons. The van der Waals surface area contributed by atoms with Crippen LogP contribution in [0.15, 0.2) is 11.8 Å². The van der Waals surface area contributed by atoms with Crippen LogP contribution in [-0.4, -0.2) is 10.4 Å². The third-order valence-electron chi connectivity index (χ3n) is 3.62. The minimum Gasteiger partial charge on any atom is -0.383 e. The van der Waals surface area contributed by atoms with Crippen molar-refractivity contribution in [1.82, 2.24) is 5.32 Å². The molecule has 0 amide bonds. The zero-order chi connectivity index (χ0) is 10.2. The average molecular weight is 209 g/mol. The Bertz CT molecular complexity index is 272. The standard InChI is InChI=1S/C12H19NS/c1-9(7-10(2)14)13-12-5-3-11(8-12)4-6-12/h7,11,13H,3-6,8H2,1-2H3. The van der Waals surface area contributed by atoms with E-state index in [1.54, 1.807) is 0 Å². The lowest BCUT2D eigenvalue weighted by Crippen LogP contribution is -2.39. The number of allylic oxidation sites excluding steroid dienone is 2. The van der Waals surface area contributed by atoms with Gasteiger partial charge in [0, 0.05) is 16.1 Å². The summed E-state index contributed by atoms with van der Waals surface area (Å²) < 4.78 is 0. The third-order valence-corrected chi connectivity index (χ3v) is 3.74. The van der Waals surface area contributed by atoms with Crippen LogP contribution in [0.3, 0.4) is 0 Å². The van der Waals surface area contributed by atoms with Gasteiger partial charge >= 0.3 is 0 Å². The highest BCUT2D eigenvalue weighted by Gasteiger charge is 2.44. The van der Waals surface area contributed by atoms with Crippen molar-refractivity contribution < 1.29 is 0 Å². The number of nitrogens with one attached hydrogen (secondary N) is 1. The summed E-state index contributed by atoms with van der Waals surface area (Å²) in [6.07, 6.45) is 9.04. The summed E-state index contributed by atoms with van der Waals surface area (Å²) in [5, 5.41) is 3.69. The average Bonchev–Trinajstić information content (AvgIpc) is 2.60. The van der Waals surface area contributed by atoms with E-state index >= 15 is 0 Å². The van der Waals surface area contributed by atoms with Crippen molar-refractivity contribution in [2.75, 3.05) is 0 Å². The summed E-state index contributed by atoms with van der Waals surface area (Å²) in [4.78, 5) is 0.971. The molecule has 0 aromatic heterocycles. The predicted octanol–water partition coefficient (Wildman–Crippen LogP) is 3.20. The number of hydrogen-bond acceptors (Lipinski definition) is 2. The first-order valence-electron chi connectivity index (χ1n) is 5.57. The second-order valence-electron chi connectivity index (χ2n) is 4.99. The Morgan fingerprint density at radius 2 is 2.00 bits per heavy atom. The zero-order valence-electron chi connectivity index (χ0n) is 9.10. The van der Waals surface area contributed by atoms with E-state index in [-0.39, 0.29) is 0 Å². The quantitative estimate of drug-likeness (QED) is 0.566. The molecule has 0 aromatic carbocycles. The van der Waals surface area contributed by atoms with Gasteiger partial charge in [0.1, 0.15) is 0 Å². The Morgan fingerprint density at radius 1 is 1.36 bits per heavy atom. The molecule has 2 fully saturated rings. The van der Waals surface area contributed by atoms with Crippen LogP contribution in [0.4, 0.5) is 0 Å². The van der Waals surface area contributed by atoms with E-state index in [9.17, 15) is 0 Å². The van der Waals surface area contributed by atoms with Crippen LogP contribution in [0.1, 0.15) is 46.0 Å². The van der Waals surface area contributed by atoms with E-state index in [4.69, 9.17) is 12.2 Å². The van der Waals surface area contributed by atoms with Gasteiger partial charge in [0.05, 0.1) is 0 Å². The first kappa shape index (κ1) is 10.2. The van der Waals surface area contributed by atoms with Gasteiger partial charge in [0.2, 0.25) is 0 Å². The molecule has 2 bridgehead atoms. The molecule has 0 unspecified atom stereocenters. The molecule has 2 aliphatic carbocycles. The second kappa shape index (κ2) is 3.65. The fourth-order valence-electron chi connectivity index (χ4n) is 3.13. The Morgan fingerprint density at radius 3 is 2.43 bits per heavy atom. The molecule has 2 rings (SSSR count). The number of thiocarbonyl (C=S) groups is 1. The molecule has 0 aromatic rings. The molecular formula is C12H19NS. The summed E-state index contributed by atoms with van der Waals surface area (Å²) in [7, 11) is 0. The Labute approximate surface area is 92.0 Å². The fraction of sp³-hybridized carbons (Fsp3) is 0.750. The maximum atomic E-state index is 5.08. The molecular weight excluding hydrogens is 190 g/mol. The van der Waals surface area contributed by atoms with Crippen molar-refractivity contribution in [3.63, 3.8) is 0 Å². The second-order valence-corrected chi connectivity index (χ2v) is 5.63. The van der Waals surface area contributed by atoms with E-state index in [1.165, 1.54) is 37.8 Å². The van der Waals surface area contributed by atoms with Crippen molar-refractivity contribution in [1.29, 1.82) is 0 Å². The van der Waals surface area contributed by atoms with Crippen molar-refractivity contribution in [2.24, 2.45) is 5.92 Å². The molecule has 0 atom stereocenters. The van der Waals surface area contributed by atoms with E-state index in [0.29, 0.717) is 5.54 Å². The Hall–Kier alpha value is -0.370. The minimum atomic E-state index is 0.441. The molecule has 1 nitrogen and oxygen atoms in total. The number of fused-ring (bicyclic) bond motifs is 2.